The average molecular weight is 520 g/mol. The molecule has 1 N–H and O–H groups in total. The summed E-state index contributed by atoms with van der Waals surface area (Å²) in [5.74, 6) is 0.492. The standard InChI is InChI=1S/C34H25N5O/c1-23-11-8-18-27(21-23)39-30(24-12-4-2-5-13-24)22-31-36-28-19-9-14-25-15-10-20-29(32(25)28)38(31)33(37-39)34(40)35-26-16-6-3-7-17-26/h2-22H,1H3,(H,35,40). The van der Waals surface area contributed by atoms with Crippen molar-refractivity contribution in [3.05, 3.63) is 139 Å². The highest BCUT2D eigenvalue weighted by molar-refractivity contribution is 6.53. The summed E-state index contributed by atoms with van der Waals surface area (Å²) in [7, 11) is 0. The lowest BCUT2D eigenvalue weighted by atomic mass is 10.0. The van der Waals surface area contributed by atoms with Crippen molar-refractivity contribution in [1.29, 1.82) is 0 Å². The molecule has 0 aromatic heterocycles. The Bertz CT molecular complexity index is 1850. The van der Waals surface area contributed by atoms with Crippen LogP contribution in [-0.2, 0) is 4.79 Å². The third-order valence-corrected chi connectivity index (χ3v) is 7.02. The fourth-order valence-electron chi connectivity index (χ4n) is 5.20. The molecule has 0 fully saturated rings. The molecule has 7 rings (SSSR count). The molecule has 1 amide bonds. The molecular weight excluding hydrogens is 494 g/mol. The van der Waals surface area contributed by atoms with Crippen LogP contribution in [0.5, 0.6) is 0 Å². The number of anilines is 3. The van der Waals surface area contributed by atoms with E-state index in [9.17, 15) is 4.79 Å². The van der Waals surface area contributed by atoms with Crippen molar-refractivity contribution in [2.75, 3.05) is 15.2 Å². The van der Waals surface area contributed by atoms with Gasteiger partial charge in [-0.2, -0.15) is 0 Å². The van der Waals surface area contributed by atoms with Crippen LogP contribution < -0.4 is 15.2 Å². The van der Waals surface area contributed by atoms with Crippen LogP contribution in [0.4, 0.5) is 22.7 Å². The highest BCUT2D eigenvalue weighted by atomic mass is 16.2. The molecule has 5 aromatic carbocycles. The van der Waals surface area contributed by atoms with E-state index in [1.54, 1.807) is 0 Å². The average Bonchev–Trinajstić information content (AvgIpc) is 3.16. The third kappa shape index (κ3) is 4.12. The summed E-state index contributed by atoms with van der Waals surface area (Å²) < 4.78 is 0. The number of rotatable bonds is 4. The van der Waals surface area contributed by atoms with Gasteiger partial charge in [0, 0.05) is 22.7 Å². The first kappa shape index (κ1) is 23.6. The topological polar surface area (TPSA) is 60.3 Å². The van der Waals surface area contributed by atoms with Crippen molar-refractivity contribution in [2.24, 2.45) is 10.1 Å². The predicted molar refractivity (Wildman–Crippen MR) is 164 cm³/mol. The number of hydrogen-bond donors (Lipinski definition) is 1. The Morgan fingerprint density at radius 1 is 0.775 bits per heavy atom. The van der Waals surface area contributed by atoms with Crippen LogP contribution in [0.25, 0.3) is 16.5 Å². The second-order valence-electron chi connectivity index (χ2n) is 9.75. The van der Waals surface area contributed by atoms with Gasteiger partial charge in [0.2, 0.25) is 5.84 Å². The Hall–Kier alpha value is -5.49. The van der Waals surface area contributed by atoms with Crippen molar-refractivity contribution in [3.8, 4) is 0 Å². The number of carbonyl (C=O) groups is 1. The molecule has 5 aromatic rings. The minimum absolute atomic E-state index is 0.216. The van der Waals surface area contributed by atoms with E-state index in [1.807, 2.05) is 126 Å². The number of amides is 1. The summed E-state index contributed by atoms with van der Waals surface area (Å²) in [6, 6.07) is 39.8. The van der Waals surface area contributed by atoms with E-state index in [0.29, 0.717) is 11.5 Å². The summed E-state index contributed by atoms with van der Waals surface area (Å²) in [5.41, 5.74) is 6.10. The third-order valence-electron chi connectivity index (χ3n) is 7.02. The molecule has 192 valence electrons. The fourth-order valence-corrected chi connectivity index (χ4v) is 5.20. The van der Waals surface area contributed by atoms with Gasteiger partial charge < -0.3 is 5.32 Å². The Morgan fingerprint density at radius 2 is 1.50 bits per heavy atom. The molecule has 0 aliphatic carbocycles. The second-order valence-corrected chi connectivity index (χ2v) is 9.75. The van der Waals surface area contributed by atoms with Crippen LogP contribution in [0.3, 0.4) is 0 Å². The van der Waals surface area contributed by atoms with E-state index in [0.717, 1.165) is 44.7 Å². The first-order valence-electron chi connectivity index (χ1n) is 13.2. The van der Waals surface area contributed by atoms with E-state index >= 15 is 0 Å². The van der Waals surface area contributed by atoms with Crippen molar-refractivity contribution in [1.82, 2.24) is 0 Å². The lowest BCUT2D eigenvalue weighted by Gasteiger charge is -2.29. The van der Waals surface area contributed by atoms with E-state index < -0.39 is 0 Å². The fraction of sp³-hybridized carbons (Fsp3) is 0.0294. The lowest BCUT2D eigenvalue weighted by Crippen LogP contribution is -2.44. The van der Waals surface area contributed by atoms with Gasteiger partial charge in [-0.25, -0.2) is 10.0 Å². The van der Waals surface area contributed by atoms with Gasteiger partial charge in [0.05, 0.1) is 22.8 Å². The van der Waals surface area contributed by atoms with Crippen molar-refractivity contribution in [3.63, 3.8) is 0 Å². The smallest absolute Gasteiger partial charge is 0.293 e. The predicted octanol–water partition coefficient (Wildman–Crippen LogP) is 7.51. The monoisotopic (exact) mass is 519 g/mol. The summed E-state index contributed by atoms with van der Waals surface area (Å²) in [5, 5.41) is 12.0. The first-order chi connectivity index (χ1) is 19.7. The molecule has 6 heteroatoms. The Kier molecular flexibility index (Phi) is 5.71. The summed E-state index contributed by atoms with van der Waals surface area (Å²) in [6.45, 7) is 2.05. The van der Waals surface area contributed by atoms with Crippen molar-refractivity contribution in [2.45, 2.75) is 6.92 Å². The maximum absolute atomic E-state index is 14.1. The van der Waals surface area contributed by atoms with Gasteiger partial charge in [-0.05, 0) is 54.3 Å². The van der Waals surface area contributed by atoms with E-state index in [4.69, 9.17) is 10.1 Å². The number of para-hydroxylation sites is 1. The zero-order chi connectivity index (χ0) is 27.1. The van der Waals surface area contributed by atoms with Gasteiger partial charge in [-0.15, -0.1) is 5.10 Å². The number of nitrogens with zero attached hydrogens (tertiary/aromatic N) is 4. The first-order valence-corrected chi connectivity index (χ1v) is 13.2. The number of hydrazone groups is 1. The molecule has 0 radical (unpaired) electrons. The van der Waals surface area contributed by atoms with Crippen LogP contribution >= 0.6 is 0 Å². The zero-order valence-electron chi connectivity index (χ0n) is 21.8. The molecule has 0 unspecified atom stereocenters. The SMILES string of the molecule is Cc1cccc(N2N=C(C(=O)Nc3ccccc3)N3C(=Nc4cccc5cccc3c45)C=C2c2ccccc2)c1. The molecule has 0 atom stereocenters. The van der Waals surface area contributed by atoms with Gasteiger partial charge in [0.1, 0.15) is 5.84 Å². The molecule has 2 heterocycles. The number of hydrogen-bond acceptors (Lipinski definition) is 5. The van der Waals surface area contributed by atoms with Crippen LogP contribution in [0.15, 0.2) is 137 Å². The number of nitrogens with one attached hydrogen (secondary N) is 1. The van der Waals surface area contributed by atoms with Gasteiger partial charge in [-0.3, -0.25) is 9.69 Å². The van der Waals surface area contributed by atoms with Crippen molar-refractivity contribution >= 4 is 56.8 Å². The second kappa shape index (κ2) is 9.67. The quantitative estimate of drug-likeness (QED) is 0.267. The highest BCUT2D eigenvalue weighted by Crippen LogP contribution is 2.41. The van der Waals surface area contributed by atoms with Gasteiger partial charge in [0.25, 0.3) is 5.91 Å². The maximum atomic E-state index is 14.1. The van der Waals surface area contributed by atoms with Gasteiger partial charge >= 0.3 is 0 Å². The minimum Gasteiger partial charge on any atom is -0.319 e. The molecular formula is C34H25N5O. The van der Waals surface area contributed by atoms with E-state index in [1.165, 1.54) is 0 Å². The number of aliphatic imine (C=N–C) groups is 1. The highest BCUT2D eigenvalue weighted by Gasteiger charge is 2.34. The molecule has 6 nitrogen and oxygen atoms in total. The largest absolute Gasteiger partial charge is 0.319 e. The summed E-state index contributed by atoms with van der Waals surface area (Å²) >= 11 is 0. The Labute approximate surface area is 232 Å². The molecule has 0 saturated carbocycles. The molecule has 0 bridgehead atoms. The van der Waals surface area contributed by atoms with Crippen LogP contribution in [0.1, 0.15) is 11.1 Å². The Morgan fingerprint density at radius 3 is 2.27 bits per heavy atom. The molecule has 0 spiro atoms. The maximum Gasteiger partial charge on any atom is 0.293 e. The number of fused-ring (bicyclic) bond motifs is 2. The van der Waals surface area contributed by atoms with Gasteiger partial charge in [0.15, 0.2) is 0 Å². The number of aryl methyl sites for hydroxylation is 1. The van der Waals surface area contributed by atoms with Crippen molar-refractivity contribution < 1.29 is 4.79 Å². The molecule has 2 aliphatic rings. The van der Waals surface area contributed by atoms with Gasteiger partial charge in [-0.1, -0.05) is 84.9 Å². The molecule has 40 heavy (non-hydrogen) atoms. The zero-order valence-corrected chi connectivity index (χ0v) is 21.8. The Balaban J connectivity index is 1.50. The normalized spacial score (nSPS) is 14.1. The molecule has 2 aliphatic heterocycles. The minimum atomic E-state index is -0.337. The lowest BCUT2D eigenvalue weighted by molar-refractivity contribution is -0.110. The summed E-state index contributed by atoms with van der Waals surface area (Å²) in [6.07, 6.45) is 2.01. The number of amidine groups is 2. The number of benzene rings is 5. The van der Waals surface area contributed by atoms with Crippen LogP contribution in [0.2, 0.25) is 0 Å². The number of carbonyl (C=O) groups excluding carboxylic acids is 1. The summed E-state index contributed by atoms with van der Waals surface area (Å²) in [4.78, 5) is 21.1. The molecule has 0 saturated heterocycles. The van der Waals surface area contributed by atoms with Crippen LogP contribution in [-0.4, -0.2) is 17.6 Å². The van der Waals surface area contributed by atoms with E-state index in [-0.39, 0.29) is 11.7 Å². The van der Waals surface area contributed by atoms with E-state index in [2.05, 4.69) is 23.5 Å². The van der Waals surface area contributed by atoms with Crippen LogP contribution in [0, 0.1) is 6.92 Å².